The fourth-order valence-electron chi connectivity index (χ4n) is 3.60. The quantitative estimate of drug-likeness (QED) is 0.388. The number of nitrogens with zero attached hydrogens (tertiary/aromatic N) is 5. The number of rotatable bonds is 4. The number of carbonyl (C=O) groups excluding carboxylic acids is 1. The van der Waals surface area contributed by atoms with E-state index in [9.17, 15) is 14.9 Å². The number of nitro groups is 1. The van der Waals surface area contributed by atoms with Crippen LogP contribution in [0.5, 0.6) is 0 Å². The van der Waals surface area contributed by atoms with Gasteiger partial charge >= 0.3 is 6.09 Å². The number of hydrogen-bond donors (Lipinski definition) is 0. The second kappa shape index (κ2) is 8.93. The second-order valence-electron chi connectivity index (χ2n) is 8.89. The monoisotopic (exact) mass is 459 g/mol. The first kappa shape index (κ1) is 22.9. The van der Waals surface area contributed by atoms with Crippen molar-refractivity contribution in [3.8, 4) is 5.69 Å². The zero-order valence-electron chi connectivity index (χ0n) is 19.4. The van der Waals surface area contributed by atoms with Crippen LogP contribution in [0.25, 0.3) is 11.3 Å². The van der Waals surface area contributed by atoms with Crippen LogP contribution in [-0.2, 0) is 4.74 Å². The highest BCUT2D eigenvalue weighted by Crippen LogP contribution is 2.30. The van der Waals surface area contributed by atoms with E-state index < -0.39 is 16.6 Å². The number of aliphatic imine (C=N–C) groups is 1. The van der Waals surface area contributed by atoms with Crippen molar-refractivity contribution in [3.05, 3.63) is 88.2 Å². The predicted octanol–water partition coefficient (Wildman–Crippen LogP) is 5.33. The molecule has 0 atom stereocenters. The molecule has 0 radical (unpaired) electrons. The molecule has 0 fully saturated rings. The number of aromatic nitrogens is 2. The Morgan fingerprint density at radius 1 is 1.18 bits per heavy atom. The van der Waals surface area contributed by atoms with Crippen LogP contribution in [0.3, 0.4) is 0 Å². The van der Waals surface area contributed by atoms with Gasteiger partial charge in [0.15, 0.2) is 0 Å². The maximum absolute atomic E-state index is 13.2. The van der Waals surface area contributed by atoms with Crippen molar-refractivity contribution in [3.63, 3.8) is 0 Å². The van der Waals surface area contributed by atoms with Crippen LogP contribution in [0.1, 0.15) is 31.9 Å². The maximum Gasteiger partial charge on any atom is 0.420 e. The molecule has 3 aromatic rings. The molecule has 34 heavy (non-hydrogen) atoms. The van der Waals surface area contributed by atoms with Crippen LogP contribution in [-0.4, -0.2) is 38.8 Å². The number of amides is 1. The van der Waals surface area contributed by atoms with Crippen molar-refractivity contribution in [2.75, 3.05) is 11.4 Å². The Labute approximate surface area is 197 Å². The Hall–Kier alpha value is -4.27. The lowest BCUT2D eigenvalue weighted by Crippen LogP contribution is -2.40. The number of ether oxygens (including phenoxy) is 1. The van der Waals surface area contributed by atoms with Gasteiger partial charge in [0, 0.05) is 24.5 Å². The van der Waals surface area contributed by atoms with Crippen molar-refractivity contribution >= 4 is 28.9 Å². The Kier molecular flexibility index (Phi) is 6.02. The van der Waals surface area contributed by atoms with Gasteiger partial charge in [0.2, 0.25) is 0 Å². The van der Waals surface area contributed by atoms with Gasteiger partial charge in [0.25, 0.3) is 5.69 Å². The zero-order valence-corrected chi connectivity index (χ0v) is 19.4. The van der Waals surface area contributed by atoms with Gasteiger partial charge in [-0.05, 0) is 74.7 Å². The van der Waals surface area contributed by atoms with Gasteiger partial charge in [-0.25, -0.2) is 14.4 Å². The van der Waals surface area contributed by atoms with Gasteiger partial charge in [0.1, 0.15) is 11.4 Å². The summed E-state index contributed by atoms with van der Waals surface area (Å²) in [7, 11) is 0. The van der Waals surface area contributed by atoms with Crippen LogP contribution in [0.2, 0.25) is 0 Å². The Balaban J connectivity index is 1.67. The van der Waals surface area contributed by atoms with E-state index in [1.807, 2.05) is 42.6 Å². The first-order valence-corrected chi connectivity index (χ1v) is 10.8. The molecule has 9 heteroatoms. The standard InChI is InChI=1S/C25H25N5O4/c1-17-14-21(30(32)33)10-11-22(17)29(24(31)34-25(2,3)4)23-15-19(16-26-23)18-6-8-20(9-7-18)28-13-5-12-27-28/h5-15H,16H2,1-4H3. The topological polar surface area (TPSA) is 103 Å². The van der Waals surface area contributed by atoms with Gasteiger partial charge in [0.05, 0.1) is 22.8 Å². The minimum absolute atomic E-state index is 0.0488. The summed E-state index contributed by atoms with van der Waals surface area (Å²) in [5, 5.41) is 15.4. The molecule has 0 aliphatic carbocycles. The Morgan fingerprint density at radius 2 is 1.91 bits per heavy atom. The average molecular weight is 460 g/mol. The number of benzene rings is 2. The van der Waals surface area contributed by atoms with Crippen molar-refractivity contribution in [1.29, 1.82) is 0 Å². The fraction of sp³-hybridized carbons (Fsp3) is 0.240. The molecule has 0 saturated heterocycles. The fourth-order valence-corrected chi connectivity index (χ4v) is 3.60. The van der Waals surface area contributed by atoms with Gasteiger partial charge in [-0.2, -0.15) is 5.10 Å². The first-order valence-electron chi connectivity index (χ1n) is 10.8. The lowest BCUT2D eigenvalue weighted by molar-refractivity contribution is -0.384. The van der Waals surface area contributed by atoms with E-state index in [-0.39, 0.29) is 5.69 Å². The van der Waals surface area contributed by atoms with Gasteiger partial charge in [-0.15, -0.1) is 0 Å². The minimum atomic E-state index is -0.724. The molecule has 4 rings (SSSR count). The molecule has 174 valence electrons. The number of hydrogen-bond acceptors (Lipinski definition) is 6. The number of amidine groups is 1. The summed E-state index contributed by atoms with van der Waals surface area (Å²) in [6, 6.07) is 14.1. The van der Waals surface area contributed by atoms with Gasteiger partial charge in [-0.3, -0.25) is 15.1 Å². The molecule has 9 nitrogen and oxygen atoms in total. The summed E-state index contributed by atoms with van der Waals surface area (Å²) >= 11 is 0. The molecule has 0 bridgehead atoms. The molecular formula is C25H25N5O4. The van der Waals surface area contributed by atoms with E-state index in [0.29, 0.717) is 23.6 Å². The Morgan fingerprint density at radius 3 is 2.50 bits per heavy atom. The third kappa shape index (κ3) is 4.88. The van der Waals surface area contributed by atoms with Crippen LogP contribution in [0.15, 0.2) is 72.0 Å². The molecule has 2 heterocycles. The highest BCUT2D eigenvalue weighted by atomic mass is 16.6. The maximum atomic E-state index is 13.2. The highest BCUT2D eigenvalue weighted by molar-refractivity contribution is 6.23. The van der Waals surface area contributed by atoms with Crippen molar-refractivity contribution < 1.29 is 14.5 Å². The molecule has 0 spiro atoms. The van der Waals surface area contributed by atoms with Crippen LogP contribution in [0, 0.1) is 17.0 Å². The summed E-state index contributed by atoms with van der Waals surface area (Å²) in [6.45, 7) is 7.45. The van der Waals surface area contributed by atoms with Crippen molar-refractivity contribution in [2.24, 2.45) is 4.99 Å². The molecule has 1 aromatic heterocycles. The lowest BCUT2D eigenvalue weighted by atomic mass is 10.1. The summed E-state index contributed by atoms with van der Waals surface area (Å²) < 4.78 is 7.40. The minimum Gasteiger partial charge on any atom is -0.443 e. The van der Waals surface area contributed by atoms with Crippen molar-refractivity contribution in [2.45, 2.75) is 33.3 Å². The third-order valence-electron chi connectivity index (χ3n) is 5.16. The summed E-state index contributed by atoms with van der Waals surface area (Å²) in [4.78, 5) is 29.9. The predicted molar refractivity (Wildman–Crippen MR) is 130 cm³/mol. The molecule has 0 N–H and O–H groups in total. The van der Waals surface area contributed by atoms with E-state index in [1.165, 1.54) is 17.0 Å². The largest absolute Gasteiger partial charge is 0.443 e. The zero-order chi connectivity index (χ0) is 24.5. The molecule has 0 saturated carbocycles. The Bertz CT molecular complexity index is 1290. The third-order valence-corrected chi connectivity index (χ3v) is 5.16. The van der Waals surface area contributed by atoms with Crippen LogP contribution < -0.4 is 4.90 Å². The molecule has 0 unspecified atom stereocenters. The van der Waals surface area contributed by atoms with Gasteiger partial charge < -0.3 is 4.74 Å². The number of nitro benzene ring substituents is 1. The smallest absolute Gasteiger partial charge is 0.420 e. The lowest BCUT2D eigenvalue weighted by Gasteiger charge is -2.27. The normalized spacial score (nSPS) is 13.3. The number of anilines is 1. The van der Waals surface area contributed by atoms with E-state index in [4.69, 9.17) is 4.74 Å². The first-order chi connectivity index (χ1) is 16.1. The number of non-ortho nitro benzene ring substituents is 1. The van der Waals surface area contributed by atoms with E-state index in [0.717, 1.165) is 16.8 Å². The van der Waals surface area contributed by atoms with Crippen molar-refractivity contribution in [1.82, 2.24) is 9.78 Å². The van der Waals surface area contributed by atoms with Crippen LogP contribution in [0.4, 0.5) is 16.2 Å². The summed E-state index contributed by atoms with van der Waals surface area (Å²) in [5.74, 6) is 0.414. The van der Waals surface area contributed by atoms with E-state index in [2.05, 4.69) is 10.1 Å². The highest BCUT2D eigenvalue weighted by Gasteiger charge is 2.30. The number of aryl methyl sites for hydroxylation is 1. The molecule has 1 amide bonds. The second-order valence-corrected chi connectivity index (χ2v) is 8.89. The molecular weight excluding hydrogens is 434 g/mol. The van der Waals surface area contributed by atoms with E-state index >= 15 is 0 Å². The summed E-state index contributed by atoms with van der Waals surface area (Å²) in [6.07, 6.45) is 4.83. The summed E-state index contributed by atoms with van der Waals surface area (Å²) in [5.41, 5.74) is 3.11. The molecule has 2 aromatic carbocycles. The van der Waals surface area contributed by atoms with E-state index in [1.54, 1.807) is 44.6 Å². The average Bonchev–Trinajstić information content (AvgIpc) is 3.46. The SMILES string of the molecule is Cc1cc([N+](=O)[O-])ccc1N(C(=O)OC(C)(C)C)C1=NCC(c2ccc(-n3cccn3)cc2)=C1. The van der Waals surface area contributed by atoms with Gasteiger partial charge in [-0.1, -0.05) is 12.1 Å². The van der Waals surface area contributed by atoms with Crippen LogP contribution >= 0.6 is 0 Å². The molecule has 1 aliphatic rings. The molecule has 1 aliphatic heterocycles. The number of carbonyl (C=O) groups is 1.